The van der Waals surface area contributed by atoms with Crippen LogP contribution >= 0.6 is 0 Å². The molecule has 142 valence electrons. The molecule has 1 fully saturated rings. The minimum absolute atomic E-state index is 0.00568. The van der Waals surface area contributed by atoms with Crippen LogP contribution < -0.4 is 4.74 Å². The maximum atomic E-state index is 12.1. The van der Waals surface area contributed by atoms with Crippen molar-refractivity contribution in [2.75, 3.05) is 6.61 Å². The Kier molecular flexibility index (Phi) is 4.92. The summed E-state index contributed by atoms with van der Waals surface area (Å²) in [5.41, 5.74) is 1.93. The fourth-order valence-corrected chi connectivity index (χ4v) is 4.61. The van der Waals surface area contributed by atoms with Gasteiger partial charge >= 0.3 is 5.97 Å². The Hall–Kier alpha value is -2.33. The van der Waals surface area contributed by atoms with Crippen molar-refractivity contribution in [3.63, 3.8) is 0 Å². The number of hydrogen-bond donors (Lipinski definition) is 2. The van der Waals surface area contributed by atoms with Gasteiger partial charge in [-0.3, -0.25) is 4.79 Å². The normalized spacial score (nSPS) is 23.9. The van der Waals surface area contributed by atoms with Gasteiger partial charge in [0.25, 0.3) is 0 Å². The first-order valence-corrected chi connectivity index (χ1v) is 9.83. The van der Waals surface area contributed by atoms with E-state index in [-0.39, 0.29) is 5.92 Å². The Labute approximate surface area is 159 Å². The van der Waals surface area contributed by atoms with Crippen LogP contribution in [0.25, 0.3) is 0 Å². The highest BCUT2D eigenvalue weighted by Gasteiger charge is 2.42. The number of fused-ring (bicyclic) bond motifs is 1. The third-order valence-corrected chi connectivity index (χ3v) is 6.24. The molecule has 4 rings (SSSR count). The first kappa shape index (κ1) is 18.1. The van der Waals surface area contributed by atoms with E-state index < -0.39 is 17.5 Å². The van der Waals surface area contributed by atoms with Crippen molar-refractivity contribution in [3.05, 3.63) is 65.2 Å². The standard InChI is InChI=1S/C23H26O4/c24-21-17(13-16-7-3-1-4-8-16)15-27-20-14-18(9-10-19(20)21)23(22(25)26)11-5-2-6-12-23/h1,3-4,7-10,14,17,21,24H,2,5-6,11-13,15H2,(H,25,26)/t17-,21+/m0/s1. The third-order valence-electron chi connectivity index (χ3n) is 6.24. The number of hydrogen-bond acceptors (Lipinski definition) is 3. The van der Waals surface area contributed by atoms with E-state index in [1.54, 1.807) is 0 Å². The van der Waals surface area contributed by atoms with Crippen LogP contribution in [0, 0.1) is 5.92 Å². The van der Waals surface area contributed by atoms with Crippen molar-refractivity contribution in [1.29, 1.82) is 0 Å². The zero-order valence-corrected chi connectivity index (χ0v) is 15.4. The highest BCUT2D eigenvalue weighted by molar-refractivity contribution is 5.81. The van der Waals surface area contributed by atoms with Crippen molar-refractivity contribution in [3.8, 4) is 5.75 Å². The van der Waals surface area contributed by atoms with Crippen molar-refractivity contribution in [2.24, 2.45) is 5.92 Å². The van der Waals surface area contributed by atoms with Crippen LogP contribution in [0.1, 0.15) is 54.9 Å². The lowest BCUT2D eigenvalue weighted by Crippen LogP contribution is -2.38. The summed E-state index contributed by atoms with van der Waals surface area (Å²) in [5.74, 6) is -0.121. The number of aliphatic hydroxyl groups is 1. The summed E-state index contributed by atoms with van der Waals surface area (Å²) in [4.78, 5) is 12.1. The summed E-state index contributed by atoms with van der Waals surface area (Å²) >= 11 is 0. The molecule has 4 heteroatoms. The summed E-state index contributed by atoms with van der Waals surface area (Å²) in [6.45, 7) is 0.437. The smallest absolute Gasteiger partial charge is 0.314 e. The second kappa shape index (κ2) is 7.35. The number of aliphatic hydroxyl groups excluding tert-OH is 1. The van der Waals surface area contributed by atoms with E-state index in [4.69, 9.17) is 4.74 Å². The SMILES string of the molecule is O=C(O)C1(c2ccc3c(c2)OC[C@H](Cc2ccccc2)[C@H]3O)CCCCC1. The molecule has 2 aliphatic rings. The fraction of sp³-hybridized carbons (Fsp3) is 0.435. The maximum Gasteiger partial charge on any atom is 0.314 e. The van der Waals surface area contributed by atoms with Crippen LogP contribution in [0.3, 0.4) is 0 Å². The topological polar surface area (TPSA) is 66.8 Å². The third kappa shape index (κ3) is 3.34. The molecule has 0 unspecified atom stereocenters. The van der Waals surface area contributed by atoms with Gasteiger partial charge in [0.2, 0.25) is 0 Å². The van der Waals surface area contributed by atoms with E-state index in [1.807, 2.05) is 36.4 Å². The van der Waals surface area contributed by atoms with E-state index in [0.717, 1.165) is 36.8 Å². The monoisotopic (exact) mass is 366 g/mol. The molecule has 27 heavy (non-hydrogen) atoms. The molecule has 2 N–H and O–H groups in total. The van der Waals surface area contributed by atoms with Gasteiger partial charge in [0.15, 0.2) is 0 Å². The molecule has 0 amide bonds. The molecule has 0 saturated heterocycles. The minimum Gasteiger partial charge on any atom is -0.493 e. The molecule has 2 aromatic rings. The Balaban J connectivity index is 1.59. The van der Waals surface area contributed by atoms with Crippen molar-refractivity contribution >= 4 is 5.97 Å². The molecule has 1 aliphatic heterocycles. The Morgan fingerprint density at radius 3 is 2.52 bits per heavy atom. The van der Waals surface area contributed by atoms with Gasteiger partial charge in [-0.25, -0.2) is 0 Å². The number of aliphatic carboxylic acids is 1. The number of carbonyl (C=O) groups is 1. The second-order valence-corrected chi connectivity index (χ2v) is 7.91. The van der Waals surface area contributed by atoms with Gasteiger partial charge in [0.1, 0.15) is 5.75 Å². The van der Waals surface area contributed by atoms with Gasteiger partial charge in [-0.2, -0.15) is 0 Å². The quantitative estimate of drug-likeness (QED) is 0.849. The average Bonchev–Trinajstić information content (AvgIpc) is 2.71. The number of carboxylic acids is 1. The summed E-state index contributed by atoms with van der Waals surface area (Å²) in [6, 6.07) is 15.7. The van der Waals surface area contributed by atoms with Crippen LogP contribution in [-0.2, 0) is 16.6 Å². The first-order valence-electron chi connectivity index (χ1n) is 9.83. The number of rotatable bonds is 4. The predicted molar refractivity (Wildman–Crippen MR) is 103 cm³/mol. The molecule has 1 aliphatic carbocycles. The Bertz CT molecular complexity index is 808. The Morgan fingerprint density at radius 1 is 1.07 bits per heavy atom. The van der Waals surface area contributed by atoms with Crippen LogP contribution in [0.15, 0.2) is 48.5 Å². The highest BCUT2D eigenvalue weighted by atomic mass is 16.5. The van der Waals surface area contributed by atoms with Gasteiger partial charge in [0, 0.05) is 11.5 Å². The lowest BCUT2D eigenvalue weighted by molar-refractivity contribution is -0.145. The van der Waals surface area contributed by atoms with Gasteiger partial charge in [-0.05, 0) is 36.5 Å². The summed E-state index contributed by atoms with van der Waals surface area (Å²) in [6.07, 6.45) is 4.45. The molecule has 1 heterocycles. The van der Waals surface area contributed by atoms with Crippen LogP contribution in [0.2, 0.25) is 0 Å². The number of benzene rings is 2. The van der Waals surface area contributed by atoms with Gasteiger partial charge in [0.05, 0.1) is 18.1 Å². The molecule has 2 aromatic carbocycles. The van der Waals surface area contributed by atoms with E-state index in [1.165, 1.54) is 5.56 Å². The van der Waals surface area contributed by atoms with E-state index in [2.05, 4.69) is 12.1 Å². The van der Waals surface area contributed by atoms with E-state index >= 15 is 0 Å². The predicted octanol–water partition coefficient (Wildman–Crippen LogP) is 4.26. The number of carboxylic acid groups (broad SMARTS) is 1. The molecular formula is C23H26O4. The van der Waals surface area contributed by atoms with Gasteiger partial charge in [-0.15, -0.1) is 0 Å². The molecule has 0 aromatic heterocycles. The molecule has 2 atom stereocenters. The molecule has 4 nitrogen and oxygen atoms in total. The summed E-state index contributed by atoms with van der Waals surface area (Å²) in [5, 5.41) is 20.8. The zero-order valence-electron chi connectivity index (χ0n) is 15.4. The minimum atomic E-state index is -0.817. The Morgan fingerprint density at radius 2 is 1.81 bits per heavy atom. The lowest BCUT2D eigenvalue weighted by atomic mass is 9.69. The van der Waals surface area contributed by atoms with Crippen LogP contribution in [0.5, 0.6) is 5.75 Å². The van der Waals surface area contributed by atoms with Gasteiger partial charge in [-0.1, -0.05) is 61.7 Å². The first-order chi connectivity index (χ1) is 13.1. The van der Waals surface area contributed by atoms with E-state index in [9.17, 15) is 15.0 Å². The van der Waals surface area contributed by atoms with Crippen molar-refractivity contribution in [1.82, 2.24) is 0 Å². The average molecular weight is 366 g/mol. The maximum absolute atomic E-state index is 12.1. The zero-order chi connectivity index (χ0) is 18.9. The van der Waals surface area contributed by atoms with Crippen molar-refractivity contribution in [2.45, 2.75) is 50.0 Å². The molecule has 1 saturated carbocycles. The molecule has 0 bridgehead atoms. The second-order valence-electron chi connectivity index (χ2n) is 7.91. The largest absolute Gasteiger partial charge is 0.493 e. The van der Waals surface area contributed by atoms with Crippen LogP contribution in [-0.4, -0.2) is 22.8 Å². The molecular weight excluding hydrogens is 340 g/mol. The molecule has 0 spiro atoms. The highest BCUT2D eigenvalue weighted by Crippen LogP contribution is 2.44. The summed E-state index contributed by atoms with van der Waals surface area (Å²) in [7, 11) is 0. The van der Waals surface area contributed by atoms with Crippen molar-refractivity contribution < 1.29 is 19.7 Å². The molecule has 0 radical (unpaired) electrons. The van der Waals surface area contributed by atoms with E-state index in [0.29, 0.717) is 25.2 Å². The van der Waals surface area contributed by atoms with Crippen LogP contribution in [0.4, 0.5) is 0 Å². The lowest BCUT2D eigenvalue weighted by Gasteiger charge is -2.36. The van der Waals surface area contributed by atoms with Gasteiger partial charge < -0.3 is 14.9 Å². The fourth-order valence-electron chi connectivity index (χ4n) is 4.61. The summed E-state index contributed by atoms with van der Waals surface area (Å²) < 4.78 is 5.98. The number of ether oxygens (including phenoxy) is 1.